The summed E-state index contributed by atoms with van der Waals surface area (Å²) in [5, 5.41) is 3.05. The minimum Gasteiger partial charge on any atom is -0.388 e. The van der Waals surface area contributed by atoms with E-state index in [1.165, 1.54) is 12.3 Å². The van der Waals surface area contributed by atoms with Crippen LogP contribution in [0.3, 0.4) is 0 Å². The zero-order chi connectivity index (χ0) is 23.2. The summed E-state index contributed by atoms with van der Waals surface area (Å²) < 4.78 is 14.3. The van der Waals surface area contributed by atoms with Gasteiger partial charge >= 0.3 is 0 Å². The summed E-state index contributed by atoms with van der Waals surface area (Å²) in [4.78, 5) is 29.5. The van der Waals surface area contributed by atoms with Gasteiger partial charge in [-0.15, -0.1) is 11.3 Å². The molecule has 1 amide bonds. The van der Waals surface area contributed by atoms with Gasteiger partial charge < -0.3 is 15.2 Å². The maximum atomic E-state index is 14.3. The van der Waals surface area contributed by atoms with Crippen LogP contribution >= 0.6 is 11.3 Å². The summed E-state index contributed by atoms with van der Waals surface area (Å²) in [6.45, 7) is 0.425. The van der Waals surface area contributed by atoms with Crippen LogP contribution in [0.2, 0.25) is 0 Å². The number of fused-ring (bicyclic) bond motifs is 4. The molecule has 6 nitrogen and oxygen atoms in total. The number of hydrogen-bond acceptors (Lipinski definition) is 5. The molecule has 0 unspecified atom stereocenters. The number of aromatic amines is 1. The van der Waals surface area contributed by atoms with E-state index in [-0.39, 0.29) is 5.91 Å². The maximum absolute atomic E-state index is 14.3. The van der Waals surface area contributed by atoms with E-state index >= 15 is 0 Å². The fourth-order valence-corrected chi connectivity index (χ4v) is 5.47. The van der Waals surface area contributed by atoms with E-state index in [2.05, 4.69) is 21.4 Å². The monoisotopic (exact) mass is 469 g/mol. The van der Waals surface area contributed by atoms with Gasteiger partial charge in [0.15, 0.2) is 0 Å². The number of pyridine rings is 1. The topological polar surface area (TPSA) is 73.9 Å². The van der Waals surface area contributed by atoms with Crippen molar-refractivity contribution in [3.05, 3.63) is 83.8 Å². The Kier molecular flexibility index (Phi) is 4.88. The Balaban J connectivity index is 1.42. The molecule has 2 aromatic carbocycles. The van der Waals surface area contributed by atoms with Gasteiger partial charge in [-0.3, -0.25) is 9.78 Å². The summed E-state index contributed by atoms with van der Waals surface area (Å²) in [5.74, 6) is 0.143. The van der Waals surface area contributed by atoms with Crippen LogP contribution < -0.4 is 10.2 Å². The first-order valence-corrected chi connectivity index (χ1v) is 11.8. The zero-order valence-electron chi connectivity index (χ0n) is 18.3. The van der Waals surface area contributed by atoms with Crippen LogP contribution in [-0.2, 0) is 6.42 Å². The van der Waals surface area contributed by atoms with Gasteiger partial charge in [0, 0.05) is 30.9 Å². The van der Waals surface area contributed by atoms with Crippen molar-refractivity contribution in [1.29, 1.82) is 0 Å². The van der Waals surface area contributed by atoms with E-state index in [0.29, 0.717) is 29.9 Å². The number of amides is 1. The number of para-hydroxylation sites is 2. The standard InChI is InChI=1S/C26H20FN5OS/c1-28-18-8-6-15(7-9-18)26(33)32-11-10-16-12-22(25-30-19-4-2-3-5-20(19)31-25)34-24(16)23-21(32)13-17(27)14-29-23/h2-9,12-14,28H,10-11H2,1H3,(H,30,31). The van der Waals surface area contributed by atoms with Crippen molar-refractivity contribution in [1.82, 2.24) is 15.0 Å². The smallest absolute Gasteiger partial charge is 0.258 e. The molecule has 1 aliphatic rings. The molecule has 5 aromatic rings. The second-order valence-electron chi connectivity index (χ2n) is 8.12. The molecule has 168 valence electrons. The molecule has 6 rings (SSSR count). The molecular weight excluding hydrogens is 449 g/mol. The Bertz CT molecular complexity index is 1510. The third-order valence-corrected chi connectivity index (χ3v) is 7.23. The van der Waals surface area contributed by atoms with Gasteiger partial charge in [0.1, 0.15) is 17.3 Å². The number of imidazole rings is 1. The fraction of sp³-hybridized carbons (Fsp3) is 0.115. The summed E-state index contributed by atoms with van der Waals surface area (Å²) in [6.07, 6.45) is 1.84. The molecule has 0 bridgehead atoms. The molecule has 0 aliphatic carbocycles. The molecule has 34 heavy (non-hydrogen) atoms. The van der Waals surface area contributed by atoms with E-state index in [1.54, 1.807) is 28.4 Å². The summed E-state index contributed by atoms with van der Waals surface area (Å²) >= 11 is 1.56. The van der Waals surface area contributed by atoms with E-state index in [9.17, 15) is 9.18 Å². The van der Waals surface area contributed by atoms with E-state index in [0.717, 1.165) is 37.9 Å². The van der Waals surface area contributed by atoms with E-state index in [1.807, 2.05) is 43.4 Å². The van der Waals surface area contributed by atoms with Crippen molar-refractivity contribution >= 4 is 39.7 Å². The van der Waals surface area contributed by atoms with Crippen LogP contribution in [-0.4, -0.2) is 34.5 Å². The number of H-pyrrole nitrogens is 1. The molecule has 0 saturated carbocycles. The van der Waals surface area contributed by atoms with Crippen LogP contribution in [0.25, 0.3) is 32.3 Å². The molecular formula is C26H20FN5OS. The largest absolute Gasteiger partial charge is 0.388 e. The Labute approximate surface area is 199 Å². The molecule has 0 spiro atoms. The average Bonchev–Trinajstić information content (AvgIpc) is 3.45. The number of rotatable bonds is 3. The first kappa shape index (κ1) is 20.6. The number of aromatic nitrogens is 3. The first-order chi connectivity index (χ1) is 16.6. The van der Waals surface area contributed by atoms with Crippen molar-refractivity contribution in [2.24, 2.45) is 0 Å². The van der Waals surface area contributed by atoms with Crippen LogP contribution in [0.5, 0.6) is 0 Å². The van der Waals surface area contributed by atoms with Gasteiger partial charge in [0.25, 0.3) is 5.91 Å². The second kappa shape index (κ2) is 8.07. The van der Waals surface area contributed by atoms with Crippen LogP contribution in [0.1, 0.15) is 15.9 Å². The van der Waals surface area contributed by atoms with Crippen molar-refractivity contribution < 1.29 is 9.18 Å². The average molecular weight is 470 g/mol. The number of benzene rings is 2. The normalized spacial score (nSPS) is 12.8. The number of carbonyl (C=O) groups is 1. The third kappa shape index (κ3) is 3.43. The van der Waals surface area contributed by atoms with E-state index < -0.39 is 5.82 Å². The van der Waals surface area contributed by atoms with Crippen molar-refractivity contribution in [3.63, 3.8) is 0 Å². The maximum Gasteiger partial charge on any atom is 0.258 e. The highest BCUT2D eigenvalue weighted by molar-refractivity contribution is 7.19. The Hall–Kier alpha value is -4.04. The Morgan fingerprint density at radius 2 is 1.97 bits per heavy atom. The molecule has 0 fully saturated rings. The predicted molar refractivity (Wildman–Crippen MR) is 134 cm³/mol. The number of thiophene rings is 1. The van der Waals surface area contributed by atoms with Gasteiger partial charge in [-0.25, -0.2) is 9.37 Å². The minimum atomic E-state index is -0.473. The number of nitrogens with zero attached hydrogens (tertiary/aromatic N) is 3. The van der Waals surface area contributed by atoms with Crippen molar-refractivity contribution in [3.8, 4) is 21.3 Å². The zero-order valence-corrected chi connectivity index (χ0v) is 19.1. The highest BCUT2D eigenvalue weighted by Crippen LogP contribution is 2.43. The Morgan fingerprint density at radius 1 is 1.15 bits per heavy atom. The Morgan fingerprint density at radius 3 is 2.76 bits per heavy atom. The minimum absolute atomic E-state index is 0.177. The molecule has 3 aromatic heterocycles. The lowest BCUT2D eigenvalue weighted by molar-refractivity contribution is 0.0987. The summed E-state index contributed by atoms with van der Waals surface area (Å²) in [7, 11) is 1.83. The van der Waals surface area contributed by atoms with Gasteiger partial charge in [0.2, 0.25) is 0 Å². The number of anilines is 2. The predicted octanol–water partition coefficient (Wildman–Crippen LogP) is 5.74. The van der Waals surface area contributed by atoms with Crippen LogP contribution in [0, 0.1) is 5.82 Å². The van der Waals surface area contributed by atoms with Gasteiger partial charge in [-0.1, -0.05) is 12.1 Å². The molecule has 8 heteroatoms. The van der Waals surface area contributed by atoms with Crippen molar-refractivity contribution in [2.45, 2.75) is 6.42 Å². The fourth-order valence-electron chi connectivity index (χ4n) is 4.31. The van der Waals surface area contributed by atoms with Gasteiger partial charge in [-0.2, -0.15) is 0 Å². The molecule has 0 saturated heterocycles. The van der Waals surface area contributed by atoms with Crippen molar-refractivity contribution in [2.75, 3.05) is 23.8 Å². The number of hydrogen-bond donors (Lipinski definition) is 2. The highest BCUT2D eigenvalue weighted by Gasteiger charge is 2.29. The van der Waals surface area contributed by atoms with Gasteiger partial charge in [-0.05, 0) is 54.4 Å². The summed E-state index contributed by atoms with van der Waals surface area (Å²) in [6, 6.07) is 18.7. The second-order valence-corrected chi connectivity index (χ2v) is 9.18. The third-order valence-electron chi connectivity index (χ3n) is 6.04. The number of nitrogens with one attached hydrogen (secondary N) is 2. The lowest BCUT2D eigenvalue weighted by Gasteiger charge is -2.22. The van der Waals surface area contributed by atoms with Crippen LogP contribution in [0.15, 0.2) is 66.9 Å². The van der Waals surface area contributed by atoms with Gasteiger partial charge in [0.05, 0.1) is 32.7 Å². The number of halogens is 1. The molecule has 2 N–H and O–H groups in total. The molecule has 0 atom stereocenters. The molecule has 1 aliphatic heterocycles. The quantitative estimate of drug-likeness (QED) is 0.354. The van der Waals surface area contributed by atoms with Crippen LogP contribution in [0.4, 0.5) is 15.8 Å². The molecule has 0 radical (unpaired) electrons. The lowest BCUT2D eigenvalue weighted by atomic mass is 10.1. The molecule has 4 heterocycles. The SMILES string of the molecule is CNc1ccc(C(=O)N2CCc3cc(-c4nc5ccccc5[nH]4)sc3-c3ncc(F)cc32)cc1. The van der Waals surface area contributed by atoms with E-state index in [4.69, 9.17) is 4.98 Å². The number of carbonyl (C=O) groups excluding carboxylic acids is 1. The lowest BCUT2D eigenvalue weighted by Crippen LogP contribution is -2.32. The highest BCUT2D eigenvalue weighted by atomic mass is 32.1. The first-order valence-electron chi connectivity index (χ1n) is 10.9. The summed E-state index contributed by atoms with van der Waals surface area (Å²) in [5.41, 5.74) is 5.51.